The average molecular weight is 530 g/mol. The van der Waals surface area contributed by atoms with Crippen LogP contribution in [0, 0.1) is 0 Å². The number of ether oxygens (including phenoxy) is 2. The molecule has 1 aliphatic heterocycles. The van der Waals surface area contributed by atoms with Crippen LogP contribution < -0.4 is 10.6 Å². The van der Waals surface area contributed by atoms with Gasteiger partial charge in [0.05, 0.1) is 12.7 Å². The van der Waals surface area contributed by atoms with Gasteiger partial charge in [-0.1, -0.05) is 24.3 Å². The van der Waals surface area contributed by atoms with Crippen molar-refractivity contribution in [2.24, 2.45) is 4.99 Å². The lowest BCUT2D eigenvalue weighted by Gasteiger charge is -2.32. The lowest BCUT2D eigenvalue weighted by atomic mass is 9.89. The van der Waals surface area contributed by atoms with E-state index in [1.807, 2.05) is 7.05 Å². The predicted octanol–water partition coefficient (Wildman–Crippen LogP) is 3.36. The Labute approximate surface area is 199 Å². The van der Waals surface area contributed by atoms with Gasteiger partial charge in [-0.3, -0.25) is 4.99 Å². The van der Waals surface area contributed by atoms with Crippen molar-refractivity contribution < 1.29 is 9.47 Å². The normalized spacial score (nSPS) is 20.3. The molecule has 0 amide bonds. The van der Waals surface area contributed by atoms with Crippen LogP contribution in [0.1, 0.15) is 49.3 Å². The monoisotopic (exact) mass is 530 g/mol. The van der Waals surface area contributed by atoms with Gasteiger partial charge in [-0.2, -0.15) is 0 Å². The molecule has 0 bridgehead atoms. The van der Waals surface area contributed by atoms with Crippen molar-refractivity contribution >= 4 is 29.9 Å². The summed E-state index contributed by atoms with van der Waals surface area (Å²) in [5, 5.41) is 7.02. The van der Waals surface area contributed by atoms with E-state index in [0.29, 0.717) is 6.04 Å². The second kappa shape index (κ2) is 14.2. The maximum Gasteiger partial charge on any atom is 0.191 e. The first kappa shape index (κ1) is 25.4. The predicted molar refractivity (Wildman–Crippen MR) is 134 cm³/mol. The number of aryl methyl sites for hydroxylation is 1. The van der Waals surface area contributed by atoms with Crippen molar-refractivity contribution in [1.29, 1.82) is 0 Å². The minimum Gasteiger partial charge on any atom is -0.383 e. The standard InChI is InChI=1S/C23H38N4O2.HI/c1-24-23(26-20-11-14-27(15-12-20)16-18-28-2)25-13-6-17-29-22-10-5-8-19-7-3-4-9-21(19)22;/h3-4,7,9,20,22H,5-6,8,10-18H2,1-2H3,(H2,24,25,26);1H. The van der Waals surface area contributed by atoms with Gasteiger partial charge in [0.1, 0.15) is 0 Å². The number of halogens is 1. The molecule has 1 saturated heterocycles. The van der Waals surface area contributed by atoms with Gasteiger partial charge in [0.25, 0.3) is 0 Å². The molecule has 1 fully saturated rings. The minimum atomic E-state index is 0. The zero-order valence-corrected chi connectivity index (χ0v) is 20.9. The fraction of sp³-hybridized carbons (Fsp3) is 0.696. The first-order valence-corrected chi connectivity index (χ1v) is 11.2. The Kier molecular flexibility index (Phi) is 12.0. The molecule has 6 nitrogen and oxygen atoms in total. The van der Waals surface area contributed by atoms with E-state index in [1.54, 1.807) is 7.11 Å². The third kappa shape index (κ3) is 7.98. The van der Waals surface area contributed by atoms with Gasteiger partial charge in [0.2, 0.25) is 0 Å². The highest BCUT2D eigenvalue weighted by molar-refractivity contribution is 14.0. The summed E-state index contributed by atoms with van der Waals surface area (Å²) in [6.45, 7) is 5.74. The van der Waals surface area contributed by atoms with Crippen LogP contribution in [0.5, 0.6) is 0 Å². The topological polar surface area (TPSA) is 58.1 Å². The largest absolute Gasteiger partial charge is 0.383 e. The number of guanidine groups is 1. The summed E-state index contributed by atoms with van der Waals surface area (Å²) in [6.07, 6.45) is 7.08. The molecule has 1 aliphatic carbocycles. The number of nitrogens with one attached hydrogen (secondary N) is 2. The summed E-state index contributed by atoms with van der Waals surface area (Å²) in [6, 6.07) is 9.22. The molecule has 0 spiro atoms. The van der Waals surface area contributed by atoms with Crippen LogP contribution in [-0.4, -0.2) is 70.5 Å². The van der Waals surface area contributed by atoms with Crippen molar-refractivity contribution in [3.05, 3.63) is 35.4 Å². The molecule has 1 aromatic rings. The van der Waals surface area contributed by atoms with Crippen LogP contribution in [0.4, 0.5) is 0 Å². The highest BCUT2D eigenvalue weighted by Gasteiger charge is 2.21. The molecule has 1 heterocycles. The number of hydrogen-bond acceptors (Lipinski definition) is 4. The Hall–Kier alpha value is -0.900. The van der Waals surface area contributed by atoms with Crippen molar-refractivity contribution in [2.45, 2.75) is 50.7 Å². The molecule has 2 N–H and O–H groups in total. The summed E-state index contributed by atoms with van der Waals surface area (Å²) in [5.74, 6) is 0.906. The number of fused-ring (bicyclic) bond motifs is 1. The molecule has 1 atom stereocenters. The fourth-order valence-corrected chi connectivity index (χ4v) is 4.30. The Morgan fingerprint density at radius 3 is 2.73 bits per heavy atom. The van der Waals surface area contributed by atoms with E-state index in [0.717, 1.165) is 71.0 Å². The van der Waals surface area contributed by atoms with Crippen molar-refractivity contribution in [1.82, 2.24) is 15.5 Å². The van der Waals surface area contributed by atoms with Gasteiger partial charge in [-0.05, 0) is 49.7 Å². The van der Waals surface area contributed by atoms with Crippen LogP contribution >= 0.6 is 24.0 Å². The summed E-state index contributed by atoms with van der Waals surface area (Å²) in [5.41, 5.74) is 2.85. The SMILES string of the molecule is CN=C(NCCCOC1CCCc2ccccc21)NC1CCN(CCOC)CC1.I. The minimum absolute atomic E-state index is 0. The van der Waals surface area contributed by atoms with Crippen LogP contribution in [-0.2, 0) is 15.9 Å². The molecular formula is C23H39IN4O2. The summed E-state index contributed by atoms with van der Waals surface area (Å²) < 4.78 is 11.4. The van der Waals surface area contributed by atoms with Gasteiger partial charge < -0.3 is 25.0 Å². The first-order valence-electron chi connectivity index (χ1n) is 11.2. The van der Waals surface area contributed by atoms with Crippen LogP contribution in [0.25, 0.3) is 0 Å². The van der Waals surface area contributed by atoms with Crippen LogP contribution in [0.15, 0.2) is 29.3 Å². The lowest BCUT2D eigenvalue weighted by Crippen LogP contribution is -2.49. The quantitative estimate of drug-likeness (QED) is 0.222. The van der Waals surface area contributed by atoms with Gasteiger partial charge >= 0.3 is 0 Å². The van der Waals surface area contributed by atoms with E-state index in [4.69, 9.17) is 9.47 Å². The molecule has 0 saturated carbocycles. The van der Waals surface area contributed by atoms with Gasteiger partial charge in [0, 0.05) is 53.0 Å². The van der Waals surface area contributed by atoms with Crippen molar-refractivity contribution in [3.8, 4) is 0 Å². The van der Waals surface area contributed by atoms with Gasteiger partial charge in [0.15, 0.2) is 5.96 Å². The average Bonchev–Trinajstić information content (AvgIpc) is 2.77. The Bertz CT molecular complexity index is 635. The third-order valence-corrected chi connectivity index (χ3v) is 6.01. The Morgan fingerprint density at radius 2 is 1.97 bits per heavy atom. The maximum absolute atomic E-state index is 6.20. The van der Waals surface area contributed by atoms with Gasteiger partial charge in [-0.25, -0.2) is 0 Å². The molecule has 170 valence electrons. The Balaban J connectivity index is 0.00000320. The lowest BCUT2D eigenvalue weighted by molar-refractivity contribution is 0.0398. The van der Waals surface area contributed by atoms with E-state index >= 15 is 0 Å². The number of nitrogens with zero attached hydrogens (tertiary/aromatic N) is 2. The van der Waals surface area contributed by atoms with E-state index < -0.39 is 0 Å². The molecule has 3 rings (SSSR count). The third-order valence-electron chi connectivity index (χ3n) is 6.01. The van der Waals surface area contributed by atoms with Crippen LogP contribution in [0.3, 0.4) is 0 Å². The van der Waals surface area contributed by atoms with E-state index in [-0.39, 0.29) is 30.1 Å². The summed E-state index contributed by atoms with van der Waals surface area (Å²) >= 11 is 0. The number of methoxy groups -OCH3 is 1. The molecule has 1 aromatic carbocycles. The zero-order chi connectivity index (χ0) is 20.3. The van der Waals surface area contributed by atoms with E-state index in [9.17, 15) is 0 Å². The fourth-order valence-electron chi connectivity index (χ4n) is 4.30. The number of benzene rings is 1. The summed E-state index contributed by atoms with van der Waals surface area (Å²) in [7, 11) is 3.61. The highest BCUT2D eigenvalue weighted by Crippen LogP contribution is 2.32. The van der Waals surface area contributed by atoms with E-state index in [1.165, 1.54) is 24.0 Å². The second-order valence-corrected chi connectivity index (χ2v) is 8.06. The number of likely N-dealkylation sites (tertiary alicyclic amines) is 1. The zero-order valence-electron chi connectivity index (χ0n) is 18.6. The van der Waals surface area contributed by atoms with Crippen molar-refractivity contribution in [3.63, 3.8) is 0 Å². The molecular weight excluding hydrogens is 491 g/mol. The number of rotatable bonds is 9. The number of hydrogen-bond donors (Lipinski definition) is 2. The highest BCUT2D eigenvalue weighted by atomic mass is 127. The smallest absolute Gasteiger partial charge is 0.191 e. The summed E-state index contributed by atoms with van der Waals surface area (Å²) in [4.78, 5) is 6.86. The molecule has 7 heteroatoms. The molecule has 0 aromatic heterocycles. The molecule has 2 aliphatic rings. The maximum atomic E-state index is 6.20. The number of aliphatic imine (C=N–C) groups is 1. The Morgan fingerprint density at radius 1 is 1.17 bits per heavy atom. The first-order chi connectivity index (χ1) is 14.3. The second-order valence-electron chi connectivity index (χ2n) is 8.06. The van der Waals surface area contributed by atoms with Crippen LogP contribution in [0.2, 0.25) is 0 Å². The van der Waals surface area contributed by atoms with Crippen molar-refractivity contribution in [2.75, 3.05) is 53.6 Å². The molecule has 0 radical (unpaired) electrons. The van der Waals surface area contributed by atoms with Gasteiger partial charge in [-0.15, -0.1) is 24.0 Å². The molecule has 30 heavy (non-hydrogen) atoms. The number of piperidine rings is 1. The molecule has 1 unspecified atom stereocenters. The van der Waals surface area contributed by atoms with E-state index in [2.05, 4.69) is 44.8 Å².